The van der Waals surface area contributed by atoms with E-state index in [0.29, 0.717) is 12.3 Å². The van der Waals surface area contributed by atoms with Gasteiger partial charge in [0.15, 0.2) is 5.76 Å². The van der Waals surface area contributed by atoms with Crippen LogP contribution < -0.4 is 11.1 Å². The maximum atomic E-state index is 11.7. The Morgan fingerprint density at radius 1 is 1.67 bits per heavy atom. The molecule has 5 nitrogen and oxygen atoms in total. The van der Waals surface area contributed by atoms with Crippen molar-refractivity contribution in [3.63, 3.8) is 0 Å². The minimum absolute atomic E-state index is 0.0688. The van der Waals surface area contributed by atoms with E-state index in [9.17, 15) is 4.79 Å². The summed E-state index contributed by atoms with van der Waals surface area (Å²) in [6.45, 7) is 0.407. The Balaban J connectivity index is 1.78. The molecule has 0 bridgehead atoms. The van der Waals surface area contributed by atoms with Crippen LogP contribution in [0.1, 0.15) is 25.0 Å². The lowest BCUT2D eigenvalue weighted by atomic mass is 10.1. The Hall–Kier alpha value is -1.36. The molecular formula is C10H15N3O2. The molecule has 1 aromatic heterocycles. The molecule has 15 heavy (non-hydrogen) atoms. The van der Waals surface area contributed by atoms with Gasteiger partial charge in [0.25, 0.3) is 0 Å². The number of nitrogens with one attached hydrogen (secondary N) is 1. The highest BCUT2D eigenvalue weighted by molar-refractivity contribution is 5.78. The van der Waals surface area contributed by atoms with Crippen LogP contribution in [-0.4, -0.2) is 17.1 Å². The van der Waals surface area contributed by atoms with E-state index in [1.807, 2.05) is 0 Å². The van der Waals surface area contributed by atoms with Crippen LogP contribution in [0.25, 0.3) is 0 Å². The van der Waals surface area contributed by atoms with Gasteiger partial charge in [0.2, 0.25) is 5.91 Å². The van der Waals surface area contributed by atoms with Gasteiger partial charge in [-0.3, -0.25) is 4.79 Å². The summed E-state index contributed by atoms with van der Waals surface area (Å²) < 4.78 is 4.88. The van der Waals surface area contributed by atoms with Gasteiger partial charge in [0.1, 0.15) is 0 Å². The van der Waals surface area contributed by atoms with Crippen molar-refractivity contribution in [1.82, 2.24) is 10.5 Å². The number of amides is 1. The van der Waals surface area contributed by atoms with Crippen LogP contribution in [0.15, 0.2) is 16.8 Å². The first kappa shape index (κ1) is 10.2. The molecule has 0 aromatic carbocycles. The van der Waals surface area contributed by atoms with Crippen LogP contribution in [0.3, 0.4) is 0 Å². The third kappa shape index (κ3) is 2.56. The van der Waals surface area contributed by atoms with Gasteiger partial charge in [-0.25, -0.2) is 0 Å². The molecule has 1 heterocycles. The van der Waals surface area contributed by atoms with Crippen LogP contribution in [-0.2, 0) is 11.3 Å². The van der Waals surface area contributed by atoms with Gasteiger partial charge in [-0.05, 0) is 19.3 Å². The number of carbonyl (C=O) groups excluding carboxylic acids is 1. The van der Waals surface area contributed by atoms with E-state index in [-0.39, 0.29) is 17.9 Å². The number of rotatable bonds is 3. The smallest absolute Gasteiger partial charge is 0.223 e. The zero-order valence-electron chi connectivity index (χ0n) is 8.48. The highest BCUT2D eigenvalue weighted by Crippen LogP contribution is 2.24. The standard InChI is InChI=1S/C10H15N3O2/c11-8-2-1-7(5-8)10(14)12-6-9-3-4-13-15-9/h3-4,7-8H,1-2,5-6,11H2,(H,12,14). The fourth-order valence-corrected chi connectivity index (χ4v) is 1.91. The minimum Gasteiger partial charge on any atom is -0.360 e. The van der Waals surface area contributed by atoms with Crippen molar-refractivity contribution in [3.8, 4) is 0 Å². The Labute approximate surface area is 88.0 Å². The lowest BCUT2D eigenvalue weighted by molar-refractivity contribution is -0.125. The van der Waals surface area contributed by atoms with Gasteiger partial charge in [-0.2, -0.15) is 0 Å². The SMILES string of the molecule is NC1CCC(C(=O)NCc2ccno2)C1. The zero-order chi connectivity index (χ0) is 10.7. The third-order valence-electron chi connectivity index (χ3n) is 2.77. The Morgan fingerprint density at radius 3 is 3.13 bits per heavy atom. The minimum atomic E-state index is 0.0688. The van der Waals surface area contributed by atoms with Gasteiger partial charge in [0, 0.05) is 18.0 Å². The average Bonchev–Trinajstić information content (AvgIpc) is 2.84. The van der Waals surface area contributed by atoms with Gasteiger partial charge in [0.05, 0.1) is 12.7 Å². The van der Waals surface area contributed by atoms with Gasteiger partial charge < -0.3 is 15.6 Å². The second-order valence-electron chi connectivity index (χ2n) is 3.97. The molecule has 0 radical (unpaired) electrons. The van der Waals surface area contributed by atoms with Crippen molar-refractivity contribution in [2.24, 2.45) is 11.7 Å². The number of nitrogens with zero attached hydrogens (tertiary/aromatic N) is 1. The topological polar surface area (TPSA) is 81.2 Å². The molecule has 82 valence electrons. The number of carbonyl (C=O) groups is 1. The van der Waals surface area contributed by atoms with E-state index < -0.39 is 0 Å². The first-order valence-corrected chi connectivity index (χ1v) is 5.18. The molecule has 3 N–H and O–H groups in total. The normalized spacial score (nSPS) is 25.4. The zero-order valence-corrected chi connectivity index (χ0v) is 8.48. The molecule has 5 heteroatoms. The maximum Gasteiger partial charge on any atom is 0.223 e. The molecule has 1 aromatic rings. The summed E-state index contributed by atoms with van der Waals surface area (Å²) in [6.07, 6.45) is 4.19. The van der Waals surface area contributed by atoms with Crippen LogP contribution in [0.4, 0.5) is 0 Å². The van der Waals surface area contributed by atoms with Gasteiger partial charge in [-0.15, -0.1) is 0 Å². The molecule has 1 aliphatic carbocycles. The van der Waals surface area contributed by atoms with Gasteiger partial charge >= 0.3 is 0 Å². The van der Waals surface area contributed by atoms with Crippen molar-refractivity contribution in [1.29, 1.82) is 0 Å². The Bertz CT molecular complexity index is 323. The van der Waals surface area contributed by atoms with Crippen molar-refractivity contribution in [2.45, 2.75) is 31.8 Å². The summed E-state index contributed by atoms with van der Waals surface area (Å²) in [4.78, 5) is 11.7. The average molecular weight is 209 g/mol. The number of aromatic nitrogens is 1. The molecule has 2 rings (SSSR count). The quantitative estimate of drug-likeness (QED) is 0.755. The van der Waals surface area contributed by atoms with Crippen molar-refractivity contribution in [2.75, 3.05) is 0 Å². The second-order valence-corrected chi connectivity index (χ2v) is 3.97. The van der Waals surface area contributed by atoms with E-state index in [1.165, 1.54) is 0 Å². The first-order valence-electron chi connectivity index (χ1n) is 5.18. The highest BCUT2D eigenvalue weighted by atomic mass is 16.5. The first-order chi connectivity index (χ1) is 7.25. The fourth-order valence-electron chi connectivity index (χ4n) is 1.91. The second kappa shape index (κ2) is 4.44. The molecule has 0 spiro atoms. The van der Waals surface area contributed by atoms with Crippen LogP contribution in [0, 0.1) is 5.92 Å². The third-order valence-corrected chi connectivity index (χ3v) is 2.77. The van der Waals surface area contributed by atoms with Crippen molar-refractivity contribution < 1.29 is 9.32 Å². The van der Waals surface area contributed by atoms with E-state index in [4.69, 9.17) is 10.3 Å². The molecule has 0 saturated heterocycles. The summed E-state index contributed by atoms with van der Waals surface area (Å²) in [6, 6.07) is 1.92. The molecule has 1 fully saturated rings. The van der Waals surface area contributed by atoms with E-state index >= 15 is 0 Å². The Kier molecular flexibility index (Phi) is 3.01. The number of hydrogen-bond donors (Lipinski definition) is 2. The fraction of sp³-hybridized carbons (Fsp3) is 0.600. The summed E-state index contributed by atoms with van der Waals surface area (Å²) in [5, 5.41) is 6.38. The number of hydrogen-bond acceptors (Lipinski definition) is 4. The number of nitrogens with two attached hydrogens (primary N) is 1. The summed E-state index contributed by atoms with van der Waals surface area (Å²) in [5.41, 5.74) is 5.75. The molecule has 1 saturated carbocycles. The Morgan fingerprint density at radius 2 is 2.53 bits per heavy atom. The van der Waals surface area contributed by atoms with E-state index in [2.05, 4.69) is 10.5 Å². The summed E-state index contributed by atoms with van der Waals surface area (Å²) >= 11 is 0. The van der Waals surface area contributed by atoms with Crippen molar-refractivity contribution in [3.05, 3.63) is 18.0 Å². The predicted octanol–water partition coefficient (Wildman–Crippen LogP) is 0.418. The predicted molar refractivity (Wildman–Crippen MR) is 53.7 cm³/mol. The largest absolute Gasteiger partial charge is 0.360 e. The highest BCUT2D eigenvalue weighted by Gasteiger charge is 2.27. The summed E-state index contributed by atoms with van der Waals surface area (Å²) in [7, 11) is 0. The van der Waals surface area contributed by atoms with Crippen LogP contribution >= 0.6 is 0 Å². The molecule has 2 unspecified atom stereocenters. The molecule has 1 amide bonds. The molecule has 2 atom stereocenters. The van der Waals surface area contributed by atoms with Crippen LogP contribution in [0.2, 0.25) is 0 Å². The molecule has 1 aliphatic rings. The van der Waals surface area contributed by atoms with E-state index in [1.54, 1.807) is 12.3 Å². The lowest BCUT2D eigenvalue weighted by Gasteiger charge is -2.08. The molecule has 0 aliphatic heterocycles. The van der Waals surface area contributed by atoms with E-state index in [0.717, 1.165) is 19.3 Å². The monoisotopic (exact) mass is 209 g/mol. The lowest BCUT2D eigenvalue weighted by Crippen LogP contribution is -2.29. The van der Waals surface area contributed by atoms with Crippen LogP contribution in [0.5, 0.6) is 0 Å². The summed E-state index contributed by atoms with van der Waals surface area (Å²) in [5.74, 6) is 0.813. The molecular weight excluding hydrogens is 194 g/mol. The van der Waals surface area contributed by atoms with Gasteiger partial charge in [-0.1, -0.05) is 5.16 Å². The van der Waals surface area contributed by atoms with Crippen molar-refractivity contribution >= 4 is 5.91 Å². The maximum absolute atomic E-state index is 11.7.